The highest BCUT2D eigenvalue weighted by atomic mass is 79.9. The number of carboxylic acids is 1. The zero-order valence-corrected chi connectivity index (χ0v) is 20.9. The van der Waals surface area contributed by atoms with Gasteiger partial charge in [-0.15, -0.1) is 0 Å². The first-order valence-corrected chi connectivity index (χ1v) is 11.7. The van der Waals surface area contributed by atoms with Gasteiger partial charge < -0.3 is 14.9 Å². The minimum absolute atomic E-state index is 0.0575. The van der Waals surface area contributed by atoms with E-state index in [2.05, 4.69) is 36.8 Å². The first-order valence-electron chi connectivity index (χ1n) is 10.1. The second-order valence-electron chi connectivity index (χ2n) is 7.60. The smallest absolute Gasteiger partial charge is 0.303 e. The number of phenols is 1. The number of phenolic OH excluding ortho intramolecular Hbond substituents is 1. The molecule has 0 saturated heterocycles. The van der Waals surface area contributed by atoms with Gasteiger partial charge in [-0.25, -0.2) is 0 Å². The fraction of sp³-hybridized carbons (Fsp3) is 0.200. The summed E-state index contributed by atoms with van der Waals surface area (Å²) in [4.78, 5) is 14.9. The van der Waals surface area contributed by atoms with E-state index in [0.29, 0.717) is 32.4 Å². The van der Waals surface area contributed by atoms with Crippen LogP contribution in [0.25, 0.3) is 12.2 Å². The fourth-order valence-corrected chi connectivity index (χ4v) is 4.60. The first-order chi connectivity index (χ1) is 15.2. The van der Waals surface area contributed by atoms with Gasteiger partial charge in [0.25, 0.3) is 0 Å². The van der Waals surface area contributed by atoms with Crippen molar-refractivity contribution >= 4 is 50.0 Å². The third kappa shape index (κ3) is 6.20. The Bertz CT molecular complexity index is 1120. The van der Waals surface area contributed by atoms with Crippen LogP contribution in [0.3, 0.4) is 0 Å². The minimum Gasteiger partial charge on any atom is -0.507 e. The highest BCUT2D eigenvalue weighted by molar-refractivity contribution is 9.11. The maximum atomic E-state index is 10.9. The number of halogens is 2. The van der Waals surface area contributed by atoms with E-state index in [-0.39, 0.29) is 18.1 Å². The number of carbonyl (C=O) groups is 1. The number of pyridine rings is 1. The third-order valence-corrected chi connectivity index (χ3v) is 6.01. The van der Waals surface area contributed by atoms with Gasteiger partial charge in [-0.1, -0.05) is 26.0 Å². The van der Waals surface area contributed by atoms with Crippen molar-refractivity contribution in [2.24, 2.45) is 0 Å². The zero-order chi connectivity index (χ0) is 23.3. The van der Waals surface area contributed by atoms with Crippen LogP contribution in [0, 0.1) is 0 Å². The summed E-state index contributed by atoms with van der Waals surface area (Å²) >= 11 is 7.07. The Labute approximate surface area is 204 Å². The zero-order valence-electron chi connectivity index (χ0n) is 17.7. The molecule has 0 aliphatic rings. The Hall–Kier alpha value is -2.64. The molecule has 0 fully saturated rings. The van der Waals surface area contributed by atoms with Crippen molar-refractivity contribution in [2.75, 3.05) is 0 Å². The van der Waals surface area contributed by atoms with Gasteiger partial charge in [0.2, 0.25) is 0 Å². The summed E-state index contributed by atoms with van der Waals surface area (Å²) in [7, 11) is 0. The normalized spacial score (nSPS) is 11.3. The van der Waals surface area contributed by atoms with Gasteiger partial charge in [0.05, 0.1) is 8.95 Å². The second kappa shape index (κ2) is 10.8. The van der Waals surface area contributed by atoms with Crippen LogP contribution in [-0.4, -0.2) is 21.2 Å². The summed E-state index contributed by atoms with van der Waals surface area (Å²) in [6, 6.07) is 11.1. The molecular formula is C25H23Br2NO4. The molecule has 0 radical (unpaired) electrons. The van der Waals surface area contributed by atoms with Gasteiger partial charge in [-0.3, -0.25) is 9.78 Å². The molecule has 0 bridgehead atoms. The number of aryl methyl sites for hydroxylation is 1. The van der Waals surface area contributed by atoms with Crippen LogP contribution >= 0.6 is 31.9 Å². The lowest BCUT2D eigenvalue weighted by Gasteiger charge is -2.16. The molecule has 166 valence electrons. The lowest BCUT2D eigenvalue weighted by molar-refractivity contribution is -0.136. The van der Waals surface area contributed by atoms with Crippen molar-refractivity contribution < 1.29 is 19.7 Å². The summed E-state index contributed by atoms with van der Waals surface area (Å²) in [5, 5.41) is 19.7. The number of aromatic hydroxyl groups is 1. The highest BCUT2D eigenvalue weighted by Crippen LogP contribution is 2.41. The summed E-state index contributed by atoms with van der Waals surface area (Å²) in [6.07, 6.45) is 7.67. The number of benzene rings is 2. The molecule has 0 atom stereocenters. The number of hydrogen-bond acceptors (Lipinski definition) is 4. The number of rotatable bonds is 8. The van der Waals surface area contributed by atoms with Crippen LogP contribution in [0.4, 0.5) is 0 Å². The van der Waals surface area contributed by atoms with Gasteiger partial charge in [-0.05, 0) is 91.7 Å². The van der Waals surface area contributed by atoms with Crippen LogP contribution in [0.5, 0.6) is 17.2 Å². The van der Waals surface area contributed by atoms with Gasteiger partial charge in [0.1, 0.15) is 11.5 Å². The molecule has 0 saturated carbocycles. The molecule has 0 spiro atoms. The van der Waals surface area contributed by atoms with Gasteiger partial charge in [0, 0.05) is 29.9 Å². The van der Waals surface area contributed by atoms with E-state index in [4.69, 9.17) is 9.84 Å². The van der Waals surface area contributed by atoms with Crippen LogP contribution in [0.15, 0.2) is 57.7 Å². The molecule has 2 aromatic carbocycles. The number of aromatic nitrogens is 1. The van der Waals surface area contributed by atoms with Crippen LogP contribution in [-0.2, 0) is 11.2 Å². The second-order valence-corrected chi connectivity index (χ2v) is 9.31. The molecule has 0 aliphatic carbocycles. The van der Waals surface area contributed by atoms with E-state index < -0.39 is 5.97 Å². The van der Waals surface area contributed by atoms with Crippen LogP contribution in [0.1, 0.15) is 48.4 Å². The Morgan fingerprint density at radius 3 is 2.34 bits per heavy atom. The molecule has 5 nitrogen and oxygen atoms in total. The third-order valence-electron chi connectivity index (χ3n) is 4.83. The fourth-order valence-electron chi connectivity index (χ4n) is 3.16. The van der Waals surface area contributed by atoms with Crippen molar-refractivity contribution in [1.29, 1.82) is 0 Å². The molecule has 7 heteroatoms. The summed E-state index contributed by atoms with van der Waals surface area (Å²) in [6.45, 7) is 4.02. The SMILES string of the molecule is CC(C)c1cc(Oc2c(Br)cc(CCC(=O)O)cc2Br)cc(C=Cc2ccncc2)c1O. The number of carboxylic acid groups (broad SMARTS) is 1. The lowest BCUT2D eigenvalue weighted by atomic mass is 9.98. The molecule has 1 aromatic heterocycles. The number of nitrogens with zero attached hydrogens (tertiary/aromatic N) is 1. The molecule has 0 aliphatic heterocycles. The van der Waals surface area contributed by atoms with E-state index >= 15 is 0 Å². The molecule has 2 N–H and O–H groups in total. The predicted molar refractivity (Wildman–Crippen MR) is 133 cm³/mol. The number of aliphatic carboxylic acids is 1. The molecule has 0 unspecified atom stereocenters. The average Bonchev–Trinajstić information content (AvgIpc) is 2.75. The molecular weight excluding hydrogens is 538 g/mol. The van der Waals surface area contributed by atoms with Gasteiger partial charge in [-0.2, -0.15) is 0 Å². The number of hydrogen-bond donors (Lipinski definition) is 2. The predicted octanol–water partition coefficient (Wildman–Crippen LogP) is 7.42. The molecule has 1 heterocycles. The Morgan fingerprint density at radius 1 is 1.09 bits per heavy atom. The summed E-state index contributed by atoms with van der Waals surface area (Å²) < 4.78 is 7.61. The van der Waals surface area contributed by atoms with E-state index in [1.807, 2.05) is 56.3 Å². The van der Waals surface area contributed by atoms with Gasteiger partial charge >= 0.3 is 5.97 Å². The Balaban J connectivity index is 1.95. The Kier molecular flexibility index (Phi) is 8.10. The first kappa shape index (κ1) is 24.0. The standard InChI is InChI=1S/C25H23Br2NO4/c1-15(2)20-14-19(13-18(24(20)31)5-3-16-7-9-28-10-8-16)32-25-21(26)11-17(12-22(25)27)4-6-23(29)30/h3,5,7-15,31H,4,6H2,1-2H3,(H,29,30). The summed E-state index contributed by atoms with van der Waals surface area (Å²) in [5.74, 6) is 0.640. The molecule has 3 rings (SSSR count). The minimum atomic E-state index is -0.838. The van der Waals surface area contributed by atoms with Crippen molar-refractivity contribution in [1.82, 2.24) is 4.98 Å². The largest absolute Gasteiger partial charge is 0.507 e. The van der Waals surface area contributed by atoms with Crippen molar-refractivity contribution in [2.45, 2.75) is 32.6 Å². The monoisotopic (exact) mass is 559 g/mol. The molecule has 3 aromatic rings. The number of ether oxygens (including phenoxy) is 1. The quantitative estimate of drug-likeness (QED) is 0.300. The highest BCUT2D eigenvalue weighted by Gasteiger charge is 2.16. The van der Waals surface area contributed by atoms with Crippen LogP contribution < -0.4 is 4.74 Å². The molecule has 32 heavy (non-hydrogen) atoms. The topological polar surface area (TPSA) is 79.7 Å². The van der Waals surface area contributed by atoms with Gasteiger partial charge in [0.15, 0.2) is 5.75 Å². The maximum Gasteiger partial charge on any atom is 0.303 e. The lowest BCUT2D eigenvalue weighted by Crippen LogP contribution is -1.98. The van der Waals surface area contributed by atoms with E-state index in [0.717, 1.165) is 16.7 Å². The van der Waals surface area contributed by atoms with Crippen molar-refractivity contribution in [3.8, 4) is 17.2 Å². The van der Waals surface area contributed by atoms with E-state index in [1.54, 1.807) is 18.5 Å². The van der Waals surface area contributed by atoms with E-state index in [9.17, 15) is 9.90 Å². The van der Waals surface area contributed by atoms with E-state index in [1.165, 1.54) is 0 Å². The van der Waals surface area contributed by atoms with Crippen LogP contribution in [0.2, 0.25) is 0 Å². The summed E-state index contributed by atoms with van der Waals surface area (Å²) in [5.41, 5.74) is 3.28. The molecule has 0 amide bonds. The van der Waals surface area contributed by atoms with Crippen molar-refractivity contribution in [3.05, 3.63) is 80.0 Å². The average molecular weight is 561 g/mol. The Morgan fingerprint density at radius 2 is 1.75 bits per heavy atom. The van der Waals surface area contributed by atoms with Crippen molar-refractivity contribution in [3.63, 3.8) is 0 Å². The maximum absolute atomic E-state index is 10.9.